The summed E-state index contributed by atoms with van der Waals surface area (Å²) in [5, 5.41) is 11.1. The second-order valence-corrected chi connectivity index (χ2v) is 4.79. The van der Waals surface area contributed by atoms with Crippen LogP contribution in [0.25, 0.3) is 0 Å². The molecule has 3 rings (SSSR count). The fourth-order valence-electron chi connectivity index (χ4n) is 2.09. The van der Waals surface area contributed by atoms with Crippen molar-refractivity contribution in [3.63, 3.8) is 0 Å². The van der Waals surface area contributed by atoms with Gasteiger partial charge in [-0.05, 0) is 19.8 Å². The molecule has 0 bridgehead atoms. The molecule has 1 aromatic rings. The summed E-state index contributed by atoms with van der Waals surface area (Å²) in [4.78, 5) is 13.3. The number of hydrogen-bond donors (Lipinski definition) is 1. The number of rotatable bonds is 3. The summed E-state index contributed by atoms with van der Waals surface area (Å²) in [7, 11) is 0. The first kappa shape index (κ1) is 10.6. The second kappa shape index (κ2) is 4.01. The van der Waals surface area contributed by atoms with Crippen LogP contribution in [0.1, 0.15) is 37.4 Å². The topological polar surface area (TPSA) is 63.1 Å². The van der Waals surface area contributed by atoms with Gasteiger partial charge < -0.3 is 10.2 Å². The van der Waals surface area contributed by atoms with E-state index in [0.717, 1.165) is 18.8 Å². The summed E-state index contributed by atoms with van der Waals surface area (Å²) in [5.41, 5.74) is 1.11. The minimum Gasteiger partial charge on any atom is -0.338 e. The molecule has 1 aliphatic heterocycles. The van der Waals surface area contributed by atoms with Gasteiger partial charge >= 0.3 is 6.03 Å². The van der Waals surface area contributed by atoms with Crippen molar-refractivity contribution in [2.24, 2.45) is 0 Å². The first-order valence-corrected chi connectivity index (χ1v) is 6.22. The van der Waals surface area contributed by atoms with E-state index in [0.29, 0.717) is 18.5 Å². The number of urea groups is 1. The zero-order chi connectivity index (χ0) is 11.8. The Kier molecular flexibility index (Phi) is 2.49. The Morgan fingerprint density at radius 2 is 2.29 bits per heavy atom. The van der Waals surface area contributed by atoms with Crippen molar-refractivity contribution in [3.8, 4) is 0 Å². The first-order chi connectivity index (χ1) is 8.28. The van der Waals surface area contributed by atoms with Crippen LogP contribution in [0.5, 0.6) is 0 Å². The van der Waals surface area contributed by atoms with E-state index >= 15 is 0 Å². The molecule has 6 nitrogen and oxygen atoms in total. The molecule has 1 aromatic heterocycles. The maximum Gasteiger partial charge on any atom is 0.317 e. The molecule has 0 spiro atoms. The van der Waals surface area contributed by atoms with Crippen molar-refractivity contribution in [2.45, 2.75) is 31.7 Å². The highest BCUT2D eigenvalue weighted by Crippen LogP contribution is 2.39. The molecule has 1 N–H and O–H groups in total. The third-order valence-electron chi connectivity index (χ3n) is 3.38. The van der Waals surface area contributed by atoms with Crippen molar-refractivity contribution < 1.29 is 4.79 Å². The predicted octanol–water partition coefficient (Wildman–Crippen LogP) is 0.742. The lowest BCUT2D eigenvalue weighted by Gasteiger charge is -2.38. The summed E-state index contributed by atoms with van der Waals surface area (Å²) in [6.45, 7) is 4.07. The average Bonchev–Trinajstić information content (AvgIpc) is 2.98. The number of likely N-dealkylation sites (tertiary alicyclic amines) is 1. The fraction of sp³-hybridized carbons (Fsp3) is 0.727. The van der Waals surface area contributed by atoms with Gasteiger partial charge in [0.15, 0.2) is 0 Å². The Morgan fingerprint density at radius 1 is 1.53 bits per heavy atom. The minimum absolute atomic E-state index is 0.0197. The quantitative estimate of drug-likeness (QED) is 0.840. The maximum absolute atomic E-state index is 11.5. The van der Waals surface area contributed by atoms with Gasteiger partial charge in [0.05, 0.1) is 11.7 Å². The van der Waals surface area contributed by atoms with Crippen LogP contribution in [0.3, 0.4) is 0 Å². The SMILES string of the molecule is CCNC(=O)N1CC(n2cc(C3CC3)nn2)C1. The molecule has 0 radical (unpaired) electrons. The van der Waals surface area contributed by atoms with Crippen LogP contribution in [0.2, 0.25) is 0 Å². The highest BCUT2D eigenvalue weighted by atomic mass is 16.2. The highest BCUT2D eigenvalue weighted by molar-refractivity contribution is 5.75. The maximum atomic E-state index is 11.5. The summed E-state index contributed by atoms with van der Waals surface area (Å²) in [5.74, 6) is 0.642. The molecule has 2 amide bonds. The average molecular weight is 235 g/mol. The number of carbonyl (C=O) groups excluding carboxylic acids is 1. The van der Waals surface area contributed by atoms with E-state index < -0.39 is 0 Å². The molecule has 2 heterocycles. The Morgan fingerprint density at radius 3 is 2.94 bits per heavy atom. The lowest BCUT2D eigenvalue weighted by molar-refractivity contribution is 0.118. The molecule has 0 atom stereocenters. The number of nitrogens with one attached hydrogen (secondary N) is 1. The molecule has 1 aliphatic carbocycles. The van der Waals surface area contributed by atoms with Gasteiger partial charge in [-0.1, -0.05) is 5.21 Å². The number of aromatic nitrogens is 3. The standard InChI is InChI=1S/C11H17N5O/c1-2-12-11(17)15-5-9(6-15)16-7-10(13-14-16)8-3-4-8/h7-9H,2-6H2,1H3,(H,12,17). The van der Waals surface area contributed by atoms with E-state index in [2.05, 4.69) is 15.6 Å². The molecule has 0 aromatic carbocycles. The Bertz CT molecular complexity index is 419. The zero-order valence-corrected chi connectivity index (χ0v) is 9.96. The first-order valence-electron chi connectivity index (χ1n) is 6.22. The lowest BCUT2D eigenvalue weighted by atomic mass is 10.1. The molecule has 6 heteroatoms. The van der Waals surface area contributed by atoms with E-state index in [9.17, 15) is 4.79 Å². The molecular weight excluding hydrogens is 218 g/mol. The van der Waals surface area contributed by atoms with Crippen molar-refractivity contribution >= 4 is 6.03 Å². The summed E-state index contributed by atoms with van der Waals surface area (Å²) >= 11 is 0. The third kappa shape index (κ3) is 1.99. The molecule has 2 fully saturated rings. The normalized spacial score (nSPS) is 20.2. The third-order valence-corrected chi connectivity index (χ3v) is 3.38. The van der Waals surface area contributed by atoms with E-state index in [4.69, 9.17) is 0 Å². The van der Waals surface area contributed by atoms with Gasteiger partial charge in [-0.25, -0.2) is 9.48 Å². The fourth-order valence-corrected chi connectivity index (χ4v) is 2.09. The molecular formula is C11H17N5O. The largest absolute Gasteiger partial charge is 0.338 e. The lowest BCUT2D eigenvalue weighted by Crippen LogP contribution is -2.54. The van der Waals surface area contributed by atoms with E-state index in [-0.39, 0.29) is 6.03 Å². The smallest absolute Gasteiger partial charge is 0.317 e. The van der Waals surface area contributed by atoms with Crippen molar-refractivity contribution in [1.82, 2.24) is 25.2 Å². The van der Waals surface area contributed by atoms with E-state index in [1.165, 1.54) is 12.8 Å². The monoisotopic (exact) mass is 235 g/mol. The van der Waals surface area contributed by atoms with Crippen LogP contribution < -0.4 is 5.32 Å². The minimum atomic E-state index is 0.0197. The van der Waals surface area contributed by atoms with Gasteiger partial charge in [0.25, 0.3) is 0 Å². The van der Waals surface area contributed by atoms with Crippen LogP contribution in [0.15, 0.2) is 6.20 Å². The Labute approximate surface area is 100.0 Å². The molecule has 1 saturated carbocycles. The van der Waals surface area contributed by atoms with Crippen molar-refractivity contribution in [2.75, 3.05) is 19.6 Å². The van der Waals surface area contributed by atoms with Crippen molar-refractivity contribution in [1.29, 1.82) is 0 Å². The molecule has 1 saturated heterocycles. The van der Waals surface area contributed by atoms with Gasteiger partial charge in [-0.2, -0.15) is 0 Å². The summed E-state index contributed by atoms with van der Waals surface area (Å²) < 4.78 is 1.91. The van der Waals surface area contributed by atoms with Gasteiger partial charge in [-0.3, -0.25) is 0 Å². The van der Waals surface area contributed by atoms with Crippen LogP contribution in [0, 0.1) is 0 Å². The van der Waals surface area contributed by atoms with Gasteiger partial charge in [0, 0.05) is 31.7 Å². The number of hydrogen-bond acceptors (Lipinski definition) is 3. The zero-order valence-electron chi connectivity index (χ0n) is 9.96. The number of carbonyl (C=O) groups is 1. The van der Waals surface area contributed by atoms with Gasteiger partial charge in [-0.15, -0.1) is 5.10 Å². The number of amides is 2. The summed E-state index contributed by atoms with van der Waals surface area (Å²) in [6.07, 6.45) is 4.53. The predicted molar refractivity (Wildman–Crippen MR) is 61.7 cm³/mol. The van der Waals surface area contributed by atoms with Crippen LogP contribution in [-0.4, -0.2) is 45.6 Å². The van der Waals surface area contributed by atoms with Crippen LogP contribution in [0.4, 0.5) is 4.79 Å². The Hall–Kier alpha value is -1.59. The number of nitrogens with zero attached hydrogens (tertiary/aromatic N) is 4. The van der Waals surface area contributed by atoms with Crippen LogP contribution >= 0.6 is 0 Å². The highest BCUT2D eigenvalue weighted by Gasteiger charge is 2.34. The van der Waals surface area contributed by atoms with Crippen LogP contribution in [-0.2, 0) is 0 Å². The van der Waals surface area contributed by atoms with Crippen molar-refractivity contribution in [3.05, 3.63) is 11.9 Å². The van der Waals surface area contributed by atoms with E-state index in [1.807, 2.05) is 17.8 Å². The van der Waals surface area contributed by atoms with Gasteiger partial charge in [0.1, 0.15) is 0 Å². The molecule has 92 valence electrons. The summed E-state index contributed by atoms with van der Waals surface area (Å²) in [6, 6.07) is 0.323. The Balaban J connectivity index is 1.55. The molecule has 0 unspecified atom stereocenters. The second-order valence-electron chi connectivity index (χ2n) is 4.79. The molecule has 17 heavy (non-hydrogen) atoms. The molecule has 2 aliphatic rings. The van der Waals surface area contributed by atoms with E-state index in [1.54, 1.807) is 4.90 Å². The van der Waals surface area contributed by atoms with Gasteiger partial charge in [0.2, 0.25) is 0 Å².